The minimum Gasteiger partial charge on any atom is -0.490 e. The highest BCUT2D eigenvalue weighted by atomic mass is 19.2. The van der Waals surface area contributed by atoms with Gasteiger partial charge in [0, 0.05) is 5.56 Å². The summed E-state index contributed by atoms with van der Waals surface area (Å²) in [6, 6.07) is 8.03. The van der Waals surface area contributed by atoms with Crippen molar-refractivity contribution < 1.29 is 23.4 Å². The Morgan fingerprint density at radius 1 is 0.838 bits per heavy atom. The maximum atomic E-state index is 15.2. The van der Waals surface area contributed by atoms with Crippen molar-refractivity contribution in [1.82, 2.24) is 0 Å². The van der Waals surface area contributed by atoms with Gasteiger partial charge in [-0.2, -0.15) is 4.39 Å². The summed E-state index contributed by atoms with van der Waals surface area (Å²) in [5.41, 5.74) is 1.19. The van der Waals surface area contributed by atoms with Crippen LogP contribution in [0.4, 0.5) is 8.78 Å². The lowest BCUT2D eigenvalue weighted by atomic mass is 9.76. The van der Waals surface area contributed by atoms with E-state index >= 15 is 4.39 Å². The number of ether oxygens (including phenoxy) is 1. The summed E-state index contributed by atoms with van der Waals surface area (Å²) in [6.45, 7) is 4.72. The zero-order valence-electron chi connectivity index (χ0n) is 22.7. The van der Waals surface area contributed by atoms with E-state index in [4.69, 9.17) is 4.74 Å². The van der Waals surface area contributed by atoms with Crippen LogP contribution in [0.1, 0.15) is 126 Å². The Morgan fingerprint density at radius 3 is 2.22 bits per heavy atom. The van der Waals surface area contributed by atoms with Gasteiger partial charge in [-0.05, 0) is 79.3 Å². The smallest absolute Gasteiger partial charge is 0.336 e. The van der Waals surface area contributed by atoms with Crippen LogP contribution in [0.25, 0.3) is 11.1 Å². The van der Waals surface area contributed by atoms with Gasteiger partial charge in [0.25, 0.3) is 0 Å². The summed E-state index contributed by atoms with van der Waals surface area (Å²) in [5, 5.41) is 9.76. The highest BCUT2D eigenvalue weighted by Crippen LogP contribution is 2.40. The fourth-order valence-electron chi connectivity index (χ4n) is 5.61. The molecule has 1 saturated carbocycles. The van der Waals surface area contributed by atoms with E-state index in [9.17, 15) is 14.3 Å². The van der Waals surface area contributed by atoms with Crippen molar-refractivity contribution in [2.75, 3.05) is 6.61 Å². The van der Waals surface area contributed by atoms with Crippen LogP contribution in [0.2, 0.25) is 0 Å². The van der Waals surface area contributed by atoms with Crippen LogP contribution >= 0.6 is 0 Å². The molecule has 3 nitrogen and oxygen atoms in total. The van der Waals surface area contributed by atoms with Crippen LogP contribution in [-0.2, 0) is 0 Å². The van der Waals surface area contributed by atoms with Crippen molar-refractivity contribution in [3.05, 3.63) is 53.1 Å². The van der Waals surface area contributed by atoms with Crippen LogP contribution in [0.5, 0.6) is 5.75 Å². The van der Waals surface area contributed by atoms with Gasteiger partial charge in [-0.25, -0.2) is 9.18 Å². The minimum absolute atomic E-state index is 0.0175. The Hall–Kier alpha value is -2.43. The summed E-state index contributed by atoms with van der Waals surface area (Å²) >= 11 is 0. The number of unbranched alkanes of at least 4 members (excludes halogenated alkanes) is 7. The first-order chi connectivity index (χ1) is 18.0. The van der Waals surface area contributed by atoms with Gasteiger partial charge >= 0.3 is 5.97 Å². The van der Waals surface area contributed by atoms with Crippen LogP contribution in [0.15, 0.2) is 30.3 Å². The number of carbonyl (C=O) groups is 1. The first kappa shape index (κ1) is 29.1. The molecule has 0 aliphatic heterocycles. The first-order valence-electron chi connectivity index (χ1n) is 14.4. The highest BCUT2D eigenvalue weighted by Gasteiger charge is 2.25. The largest absolute Gasteiger partial charge is 0.490 e. The molecule has 0 radical (unpaired) electrons. The second-order valence-electron chi connectivity index (χ2n) is 10.7. The van der Waals surface area contributed by atoms with Gasteiger partial charge in [-0.3, -0.25) is 0 Å². The molecule has 0 bridgehead atoms. The maximum absolute atomic E-state index is 15.2. The maximum Gasteiger partial charge on any atom is 0.336 e. The van der Waals surface area contributed by atoms with E-state index in [-0.39, 0.29) is 22.4 Å². The standard InChI is InChI=1S/C32H44F2O3/c1-3-5-7-8-9-11-21-37-29-20-19-26(30(33)31(29)34)28-22-25(17-18-27(28)32(35)36)24-15-13-23(14-16-24)12-10-6-4-2/h17-20,22-24H,3-16,21H2,1-2H3,(H,35,36). The molecule has 0 amide bonds. The van der Waals surface area contributed by atoms with E-state index in [0.29, 0.717) is 12.5 Å². The molecular weight excluding hydrogens is 470 g/mol. The summed E-state index contributed by atoms with van der Waals surface area (Å²) in [5.74, 6) is -2.31. The lowest BCUT2D eigenvalue weighted by molar-refractivity contribution is 0.0697. The Labute approximate surface area is 221 Å². The molecule has 0 atom stereocenters. The van der Waals surface area contributed by atoms with Gasteiger partial charge in [0.1, 0.15) is 0 Å². The number of halogens is 2. The van der Waals surface area contributed by atoms with Crippen molar-refractivity contribution in [3.8, 4) is 16.9 Å². The third-order valence-corrected chi connectivity index (χ3v) is 7.90. The van der Waals surface area contributed by atoms with Gasteiger partial charge in [0.05, 0.1) is 12.2 Å². The van der Waals surface area contributed by atoms with Crippen LogP contribution in [-0.4, -0.2) is 17.7 Å². The molecular formula is C32H44F2O3. The van der Waals surface area contributed by atoms with Crippen molar-refractivity contribution in [1.29, 1.82) is 0 Å². The van der Waals surface area contributed by atoms with Gasteiger partial charge in [0.2, 0.25) is 5.82 Å². The second kappa shape index (κ2) is 15.1. The fourth-order valence-corrected chi connectivity index (χ4v) is 5.61. The van der Waals surface area contributed by atoms with E-state index < -0.39 is 17.6 Å². The number of aromatic carboxylic acids is 1. The molecule has 3 rings (SSSR count). The molecule has 5 heteroatoms. The first-order valence-corrected chi connectivity index (χ1v) is 14.4. The molecule has 2 aromatic rings. The number of carboxylic acid groups (broad SMARTS) is 1. The summed E-state index contributed by atoms with van der Waals surface area (Å²) < 4.78 is 35.7. The lowest BCUT2D eigenvalue weighted by Gasteiger charge is -2.29. The van der Waals surface area contributed by atoms with Crippen molar-refractivity contribution >= 4 is 5.97 Å². The molecule has 0 heterocycles. The summed E-state index contributed by atoms with van der Waals surface area (Å²) in [4.78, 5) is 11.9. The fraction of sp³-hybridized carbons (Fsp3) is 0.594. The van der Waals surface area contributed by atoms with Crippen LogP contribution in [0.3, 0.4) is 0 Å². The average Bonchev–Trinajstić information content (AvgIpc) is 2.90. The third kappa shape index (κ3) is 8.28. The predicted molar refractivity (Wildman–Crippen MR) is 146 cm³/mol. The molecule has 1 aliphatic carbocycles. The summed E-state index contributed by atoms with van der Waals surface area (Å²) in [7, 11) is 0. The molecule has 0 aromatic heterocycles. The van der Waals surface area contributed by atoms with Gasteiger partial charge in [0.15, 0.2) is 11.6 Å². The summed E-state index contributed by atoms with van der Waals surface area (Å²) in [6.07, 6.45) is 16.0. The molecule has 0 saturated heterocycles. The molecule has 204 valence electrons. The van der Waals surface area contributed by atoms with Gasteiger partial charge in [-0.1, -0.05) is 77.7 Å². The lowest BCUT2D eigenvalue weighted by Crippen LogP contribution is -2.14. The van der Waals surface area contributed by atoms with Crippen LogP contribution in [0, 0.1) is 17.6 Å². The Bertz CT molecular complexity index is 996. The van der Waals surface area contributed by atoms with E-state index in [0.717, 1.165) is 56.4 Å². The molecule has 1 aliphatic rings. The quantitative estimate of drug-likeness (QED) is 0.241. The topological polar surface area (TPSA) is 46.5 Å². The Morgan fingerprint density at radius 2 is 1.51 bits per heavy atom. The normalized spacial score (nSPS) is 17.6. The van der Waals surface area contributed by atoms with E-state index in [1.54, 1.807) is 12.1 Å². The Balaban J connectivity index is 1.71. The SMILES string of the molecule is CCCCCCCCOc1ccc(-c2cc(C3CCC(CCCCC)CC3)ccc2C(=O)O)c(F)c1F. The van der Waals surface area contributed by atoms with Crippen LogP contribution < -0.4 is 4.74 Å². The zero-order chi connectivity index (χ0) is 26.6. The minimum atomic E-state index is -1.15. The molecule has 37 heavy (non-hydrogen) atoms. The monoisotopic (exact) mass is 514 g/mol. The molecule has 2 aromatic carbocycles. The van der Waals surface area contributed by atoms with E-state index in [2.05, 4.69) is 13.8 Å². The predicted octanol–water partition coefficient (Wildman–Crippen LogP) is 9.92. The molecule has 0 spiro atoms. The van der Waals surface area contributed by atoms with Crippen molar-refractivity contribution in [2.45, 2.75) is 110 Å². The van der Waals surface area contributed by atoms with Gasteiger partial charge in [-0.15, -0.1) is 0 Å². The Kier molecular flexibility index (Phi) is 11.9. The second-order valence-corrected chi connectivity index (χ2v) is 10.7. The molecule has 0 unspecified atom stereocenters. The number of benzene rings is 2. The van der Waals surface area contributed by atoms with E-state index in [1.165, 1.54) is 57.1 Å². The highest BCUT2D eigenvalue weighted by molar-refractivity contribution is 5.96. The zero-order valence-corrected chi connectivity index (χ0v) is 22.7. The number of carboxylic acids is 1. The molecule has 1 fully saturated rings. The average molecular weight is 515 g/mol. The van der Waals surface area contributed by atoms with Crippen molar-refractivity contribution in [2.24, 2.45) is 5.92 Å². The molecule has 1 N–H and O–H groups in total. The third-order valence-electron chi connectivity index (χ3n) is 7.90. The van der Waals surface area contributed by atoms with E-state index in [1.807, 2.05) is 6.07 Å². The van der Waals surface area contributed by atoms with Gasteiger partial charge < -0.3 is 9.84 Å². The van der Waals surface area contributed by atoms with Crippen molar-refractivity contribution in [3.63, 3.8) is 0 Å². The number of hydrogen-bond acceptors (Lipinski definition) is 2. The number of hydrogen-bond donors (Lipinski definition) is 1. The number of rotatable bonds is 15.